The fourth-order valence-corrected chi connectivity index (χ4v) is 1.99. The molecule has 0 N–H and O–H groups in total. The van der Waals surface area contributed by atoms with E-state index in [1.54, 1.807) is 0 Å². The Morgan fingerprint density at radius 3 is 2.90 bits per heavy atom. The summed E-state index contributed by atoms with van der Waals surface area (Å²) in [4.78, 5) is 0. The highest BCUT2D eigenvalue weighted by Gasteiger charge is 2.23. The highest BCUT2D eigenvalue weighted by atomic mass is 16.7. The molecule has 3 rings (SSSR count). The number of rotatable bonds is 7. The normalized spacial score (nSPS) is 17.1. The van der Waals surface area contributed by atoms with Gasteiger partial charge in [-0.15, -0.1) is 0 Å². The highest BCUT2D eigenvalue weighted by molar-refractivity contribution is 5.89. The molecule has 2 aromatic rings. The van der Waals surface area contributed by atoms with Crippen LogP contribution in [0.3, 0.4) is 0 Å². The van der Waals surface area contributed by atoms with Crippen LogP contribution < -0.4 is 9.47 Å². The number of benzene rings is 2. The second-order valence-electron chi connectivity index (χ2n) is 4.66. The Hall–Kier alpha value is -1.78. The van der Waals surface area contributed by atoms with Crippen LogP contribution in [0.4, 0.5) is 0 Å². The van der Waals surface area contributed by atoms with Crippen molar-refractivity contribution < 1.29 is 18.9 Å². The average molecular weight is 274 g/mol. The van der Waals surface area contributed by atoms with E-state index in [1.165, 1.54) is 0 Å². The van der Waals surface area contributed by atoms with Crippen LogP contribution in [0.5, 0.6) is 11.5 Å². The Kier molecular flexibility index (Phi) is 4.04. The van der Waals surface area contributed by atoms with E-state index in [2.05, 4.69) is 0 Å². The van der Waals surface area contributed by atoms with Crippen LogP contribution in [-0.2, 0) is 9.47 Å². The van der Waals surface area contributed by atoms with Crippen molar-refractivity contribution in [1.82, 2.24) is 0 Å². The van der Waals surface area contributed by atoms with E-state index in [0.717, 1.165) is 28.9 Å². The van der Waals surface area contributed by atoms with Crippen molar-refractivity contribution in [2.75, 3.05) is 26.6 Å². The summed E-state index contributed by atoms with van der Waals surface area (Å²) in [5, 5.41) is 2.15. The lowest BCUT2D eigenvalue weighted by molar-refractivity contribution is 0.0233. The van der Waals surface area contributed by atoms with Crippen LogP contribution in [0, 0.1) is 0 Å². The van der Waals surface area contributed by atoms with Gasteiger partial charge >= 0.3 is 0 Å². The maximum absolute atomic E-state index is 5.69. The lowest BCUT2D eigenvalue weighted by Crippen LogP contribution is -2.04. The molecule has 1 unspecified atom stereocenters. The van der Waals surface area contributed by atoms with Crippen LogP contribution in [-0.4, -0.2) is 32.7 Å². The van der Waals surface area contributed by atoms with Gasteiger partial charge in [-0.05, 0) is 36.6 Å². The van der Waals surface area contributed by atoms with E-state index < -0.39 is 0 Å². The van der Waals surface area contributed by atoms with Gasteiger partial charge in [0.1, 0.15) is 24.2 Å². The van der Waals surface area contributed by atoms with Gasteiger partial charge < -0.3 is 18.9 Å². The van der Waals surface area contributed by atoms with Crippen molar-refractivity contribution in [2.24, 2.45) is 0 Å². The number of hydrogen-bond acceptors (Lipinski definition) is 4. The van der Waals surface area contributed by atoms with Crippen LogP contribution in [0.15, 0.2) is 36.4 Å². The Morgan fingerprint density at radius 1 is 1.20 bits per heavy atom. The summed E-state index contributed by atoms with van der Waals surface area (Å²) < 4.78 is 21.7. The lowest BCUT2D eigenvalue weighted by atomic mass is 10.1. The Labute approximate surface area is 118 Å². The molecule has 4 nitrogen and oxygen atoms in total. The van der Waals surface area contributed by atoms with Crippen molar-refractivity contribution >= 4 is 10.8 Å². The monoisotopic (exact) mass is 274 g/mol. The smallest absolute Gasteiger partial charge is 0.189 e. The topological polar surface area (TPSA) is 40.2 Å². The van der Waals surface area contributed by atoms with E-state index in [0.29, 0.717) is 13.2 Å². The third kappa shape index (κ3) is 3.21. The van der Waals surface area contributed by atoms with E-state index in [1.807, 2.05) is 43.3 Å². The lowest BCUT2D eigenvalue weighted by Gasteiger charge is -2.10. The molecule has 0 bridgehead atoms. The molecule has 0 aliphatic carbocycles. The molecule has 1 atom stereocenters. The quantitative estimate of drug-likeness (QED) is 0.442. The molecule has 0 spiro atoms. The molecule has 2 aromatic carbocycles. The molecular weight excluding hydrogens is 256 g/mol. The van der Waals surface area contributed by atoms with Crippen LogP contribution in [0.1, 0.15) is 6.92 Å². The van der Waals surface area contributed by atoms with E-state index in [4.69, 9.17) is 18.9 Å². The maximum atomic E-state index is 5.69. The fraction of sp³-hybridized carbons (Fsp3) is 0.375. The molecule has 0 radical (unpaired) electrons. The molecule has 106 valence electrons. The van der Waals surface area contributed by atoms with Crippen LogP contribution >= 0.6 is 0 Å². The van der Waals surface area contributed by atoms with Crippen molar-refractivity contribution in [3.05, 3.63) is 36.4 Å². The summed E-state index contributed by atoms with van der Waals surface area (Å²) in [7, 11) is 0. The zero-order valence-corrected chi connectivity index (χ0v) is 11.5. The standard InChI is InChI=1S/C16H18O4/c1-2-17-11-20-16-5-3-4-12-8-13(6-7-15(12)16)18-9-14-10-19-14/h3-8,14H,2,9-11H2,1H3. The van der Waals surface area contributed by atoms with Gasteiger partial charge in [0.2, 0.25) is 0 Å². The van der Waals surface area contributed by atoms with Crippen molar-refractivity contribution in [3.8, 4) is 11.5 Å². The molecule has 0 saturated carbocycles. The molecular formula is C16H18O4. The summed E-state index contributed by atoms with van der Waals surface area (Å²) >= 11 is 0. The molecule has 4 heteroatoms. The second-order valence-corrected chi connectivity index (χ2v) is 4.66. The van der Waals surface area contributed by atoms with Crippen molar-refractivity contribution in [2.45, 2.75) is 13.0 Å². The Bertz CT molecular complexity index is 578. The first-order valence-corrected chi connectivity index (χ1v) is 6.84. The number of epoxide rings is 1. The summed E-state index contributed by atoms with van der Waals surface area (Å²) in [5.41, 5.74) is 0. The van der Waals surface area contributed by atoms with E-state index >= 15 is 0 Å². The Morgan fingerprint density at radius 2 is 2.10 bits per heavy atom. The summed E-state index contributed by atoms with van der Waals surface area (Å²) in [6.45, 7) is 4.29. The van der Waals surface area contributed by atoms with Gasteiger partial charge in [0.15, 0.2) is 6.79 Å². The minimum Gasteiger partial charge on any atom is -0.491 e. The molecule has 0 amide bonds. The first kappa shape index (κ1) is 13.2. The van der Waals surface area contributed by atoms with Crippen LogP contribution in [0.2, 0.25) is 0 Å². The average Bonchev–Trinajstić information content (AvgIpc) is 3.29. The van der Waals surface area contributed by atoms with E-state index in [-0.39, 0.29) is 12.9 Å². The predicted octanol–water partition coefficient (Wildman–Crippen LogP) is 2.99. The summed E-state index contributed by atoms with van der Waals surface area (Å²) in [6, 6.07) is 11.9. The second kappa shape index (κ2) is 6.11. The summed E-state index contributed by atoms with van der Waals surface area (Å²) in [5.74, 6) is 1.68. The third-order valence-corrected chi connectivity index (χ3v) is 3.15. The highest BCUT2D eigenvalue weighted by Crippen LogP contribution is 2.29. The SMILES string of the molecule is CCOCOc1cccc2cc(OCC3CO3)ccc12. The maximum Gasteiger partial charge on any atom is 0.189 e. The summed E-state index contributed by atoms with van der Waals surface area (Å²) in [6.07, 6.45) is 0.270. The molecule has 20 heavy (non-hydrogen) atoms. The largest absolute Gasteiger partial charge is 0.491 e. The van der Waals surface area contributed by atoms with Gasteiger partial charge in [-0.1, -0.05) is 12.1 Å². The van der Waals surface area contributed by atoms with Crippen molar-refractivity contribution in [1.29, 1.82) is 0 Å². The van der Waals surface area contributed by atoms with E-state index in [9.17, 15) is 0 Å². The minimum absolute atomic E-state index is 0.270. The first-order valence-electron chi connectivity index (χ1n) is 6.84. The van der Waals surface area contributed by atoms with Gasteiger partial charge in [-0.25, -0.2) is 0 Å². The zero-order valence-electron chi connectivity index (χ0n) is 11.5. The predicted molar refractivity (Wildman–Crippen MR) is 76.3 cm³/mol. The molecule has 1 aliphatic rings. The third-order valence-electron chi connectivity index (χ3n) is 3.15. The fourth-order valence-electron chi connectivity index (χ4n) is 1.99. The minimum atomic E-state index is 0.270. The molecule has 1 aliphatic heterocycles. The first-order chi connectivity index (χ1) is 9.86. The molecule has 1 fully saturated rings. The Balaban J connectivity index is 1.75. The molecule has 1 heterocycles. The van der Waals surface area contributed by atoms with Gasteiger partial charge in [0, 0.05) is 12.0 Å². The number of fused-ring (bicyclic) bond motifs is 1. The zero-order chi connectivity index (χ0) is 13.8. The van der Waals surface area contributed by atoms with Gasteiger partial charge in [-0.2, -0.15) is 0 Å². The van der Waals surface area contributed by atoms with Gasteiger partial charge in [-0.3, -0.25) is 0 Å². The van der Waals surface area contributed by atoms with Gasteiger partial charge in [0.05, 0.1) is 6.61 Å². The van der Waals surface area contributed by atoms with Crippen LogP contribution in [0.25, 0.3) is 10.8 Å². The van der Waals surface area contributed by atoms with Gasteiger partial charge in [0.25, 0.3) is 0 Å². The number of ether oxygens (including phenoxy) is 4. The number of hydrogen-bond donors (Lipinski definition) is 0. The molecule has 0 aromatic heterocycles. The van der Waals surface area contributed by atoms with Crippen molar-refractivity contribution in [3.63, 3.8) is 0 Å². The molecule has 1 saturated heterocycles.